The standard InChI is InChI=1S/C29H34N4O7/c1-17(35)25(28(38)32-24(16-34)29(39)40)33-27(37)23(15-19-11-12-20-9-5-6-10-21(20)13-19)31-26(36)22(30)14-18-7-3-2-4-8-18/h2-13,17,22-25,34-35H,14-16,30H2,1H3,(H,31,36)(H,32,38)(H,33,37)(H,39,40)/t17-,22+,23+,24+,25+/m0/s1. The van der Waals surface area contributed by atoms with Crippen molar-refractivity contribution in [1.82, 2.24) is 16.0 Å². The molecule has 3 rings (SSSR count). The van der Waals surface area contributed by atoms with Crippen LogP contribution in [0.4, 0.5) is 0 Å². The quantitative estimate of drug-likeness (QED) is 0.153. The molecule has 11 nitrogen and oxygen atoms in total. The minimum atomic E-state index is -1.63. The van der Waals surface area contributed by atoms with Crippen LogP contribution in [0.1, 0.15) is 18.1 Å². The van der Waals surface area contributed by atoms with E-state index in [1.165, 1.54) is 6.92 Å². The number of carboxylic acids is 1. The van der Waals surface area contributed by atoms with E-state index in [0.717, 1.165) is 21.9 Å². The van der Waals surface area contributed by atoms with E-state index >= 15 is 0 Å². The summed E-state index contributed by atoms with van der Waals surface area (Å²) >= 11 is 0. The largest absolute Gasteiger partial charge is 0.480 e. The number of carbonyl (C=O) groups is 4. The number of carboxylic acid groups (broad SMARTS) is 1. The van der Waals surface area contributed by atoms with E-state index in [2.05, 4.69) is 16.0 Å². The SMILES string of the molecule is C[C@H](O)[C@@H](NC(=O)[C@@H](Cc1ccc2ccccc2c1)NC(=O)[C@H](N)Cc1ccccc1)C(=O)N[C@H](CO)C(=O)O. The van der Waals surface area contributed by atoms with Crippen LogP contribution in [0.15, 0.2) is 72.8 Å². The molecule has 0 bridgehead atoms. The lowest BCUT2D eigenvalue weighted by Crippen LogP contribution is -2.60. The summed E-state index contributed by atoms with van der Waals surface area (Å²) in [6.07, 6.45) is -1.15. The predicted octanol–water partition coefficient (Wildman–Crippen LogP) is -0.136. The van der Waals surface area contributed by atoms with Crippen molar-refractivity contribution in [2.75, 3.05) is 6.61 Å². The Morgan fingerprint density at radius 2 is 1.38 bits per heavy atom. The number of aliphatic hydroxyl groups excluding tert-OH is 2. The topological polar surface area (TPSA) is 191 Å². The Kier molecular flexibility index (Phi) is 10.7. The first-order valence-corrected chi connectivity index (χ1v) is 12.8. The molecule has 212 valence electrons. The highest BCUT2D eigenvalue weighted by Crippen LogP contribution is 2.17. The summed E-state index contributed by atoms with van der Waals surface area (Å²) in [4.78, 5) is 50.4. The van der Waals surface area contributed by atoms with Gasteiger partial charge in [-0.1, -0.05) is 72.8 Å². The number of nitrogens with two attached hydrogens (primary N) is 1. The Bertz CT molecular complexity index is 1330. The molecular weight excluding hydrogens is 516 g/mol. The summed E-state index contributed by atoms with van der Waals surface area (Å²) in [7, 11) is 0. The van der Waals surface area contributed by atoms with Gasteiger partial charge < -0.3 is 37.0 Å². The Labute approximate surface area is 231 Å². The number of hydrogen-bond donors (Lipinski definition) is 7. The number of fused-ring (bicyclic) bond motifs is 1. The van der Waals surface area contributed by atoms with Crippen molar-refractivity contribution in [3.05, 3.63) is 83.9 Å². The van der Waals surface area contributed by atoms with Crippen LogP contribution in [0, 0.1) is 0 Å². The Morgan fingerprint density at radius 1 is 0.750 bits per heavy atom. The molecule has 0 aliphatic carbocycles. The van der Waals surface area contributed by atoms with Gasteiger partial charge in [-0.25, -0.2) is 4.79 Å². The summed E-state index contributed by atoms with van der Waals surface area (Å²) < 4.78 is 0. The minimum absolute atomic E-state index is 0.0446. The molecule has 0 unspecified atom stereocenters. The van der Waals surface area contributed by atoms with Gasteiger partial charge in [0.2, 0.25) is 17.7 Å². The molecule has 0 saturated carbocycles. The fourth-order valence-corrected chi connectivity index (χ4v) is 4.16. The molecule has 3 amide bonds. The lowest BCUT2D eigenvalue weighted by molar-refractivity contribution is -0.144. The molecule has 0 aliphatic heterocycles. The van der Waals surface area contributed by atoms with Gasteiger partial charge in [0.15, 0.2) is 0 Å². The first-order chi connectivity index (χ1) is 19.1. The average molecular weight is 551 g/mol. The average Bonchev–Trinajstić information content (AvgIpc) is 2.94. The van der Waals surface area contributed by atoms with Gasteiger partial charge in [-0.05, 0) is 35.2 Å². The van der Waals surface area contributed by atoms with Gasteiger partial charge in [0.05, 0.1) is 18.8 Å². The summed E-state index contributed by atoms with van der Waals surface area (Å²) in [6, 6.07) is 17.0. The number of hydrogen-bond acceptors (Lipinski definition) is 7. The van der Waals surface area contributed by atoms with E-state index in [0.29, 0.717) is 0 Å². The maximum absolute atomic E-state index is 13.4. The first kappa shape index (κ1) is 30.2. The molecule has 0 fully saturated rings. The third-order valence-corrected chi connectivity index (χ3v) is 6.38. The minimum Gasteiger partial charge on any atom is -0.480 e. The van der Waals surface area contributed by atoms with E-state index in [4.69, 9.17) is 10.8 Å². The summed E-state index contributed by atoms with van der Waals surface area (Å²) in [5.74, 6) is -3.87. The molecule has 8 N–H and O–H groups in total. The van der Waals surface area contributed by atoms with Gasteiger partial charge in [0.1, 0.15) is 18.1 Å². The maximum atomic E-state index is 13.4. The number of aliphatic carboxylic acids is 1. The molecule has 5 atom stereocenters. The smallest absolute Gasteiger partial charge is 0.328 e. The molecule has 0 saturated heterocycles. The number of amides is 3. The zero-order valence-corrected chi connectivity index (χ0v) is 22.0. The van der Waals surface area contributed by atoms with Crippen LogP contribution >= 0.6 is 0 Å². The van der Waals surface area contributed by atoms with Gasteiger partial charge in [-0.2, -0.15) is 0 Å². The zero-order chi connectivity index (χ0) is 29.2. The number of carbonyl (C=O) groups excluding carboxylic acids is 3. The van der Waals surface area contributed by atoms with E-state index in [-0.39, 0.29) is 12.8 Å². The van der Waals surface area contributed by atoms with Crippen molar-refractivity contribution >= 4 is 34.5 Å². The second-order valence-electron chi connectivity index (χ2n) is 9.55. The molecule has 3 aromatic carbocycles. The monoisotopic (exact) mass is 550 g/mol. The van der Waals surface area contributed by atoms with Crippen LogP contribution in [0.2, 0.25) is 0 Å². The number of benzene rings is 3. The fourth-order valence-electron chi connectivity index (χ4n) is 4.16. The molecule has 40 heavy (non-hydrogen) atoms. The van der Waals surface area contributed by atoms with Crippen LogP contribution in [0.25, 0.3) is 10.8 Å². The summed E-state index contributed by atoms with van der Waals surface area (Å²) in [5.41, 5.74) is 7.69. The third kappa shape index (κ3) is 8.34. The molecule has 0 aromatic heterocycles. The van der Waals surface area contributed by atoms with E-state index in [1.807, 2.05) is 72.8 Å². The van der Waals surface area contributed by atoms with Crippen molar-refractivity contribution in [2.24, 2.45) is 5.73 Å². The molecule has 0 aliphatic rings. The highest BCUT2D eigenvalue weighted by molar-refractivity contribution is 5.94. The Balaban J connectivity index is 1.82. The maximum Gasteiger partial charge on any atom is 0.328 e. The van der Waals surface area contributed by atoms with Gasteiger partial charge in [0, 0.05) is 6.42 Å². The predicted molar refractivity (Wildman–Crippen MR) is 148 cm³/mol. The molecule has 0 radical (unpaired) electrons. The normalized spacial score (nSPS) is 14.8. The molecule has 0 heterocycles. The fraction of sp³-hybridized carbons (Fsp3) is 0.310. The van der Waals surface area contributed by atoms with Crippen LogP contribution in [-0.4, -0.2) is 75.9 Å². The van der Waals surface area contributed by atoms with E-state index < -0.39 is 60.6 Å². The third-order valence-electron chi connectivity index (χ3n) is 6.38. The van der Waals surface area contributed by atoms with Crippen LogP contribution in [-0.2, 0) is 32.0 Å². The number of rotatable bonds is 13. The summed E-state index contributed by atoms with van der Waals surface area (Å²) in [5, 5.41) is 37.6. The molecule has 11 heteroatoms. The number of aliphatic hydroxyl groups is 2. The van der Waals surface area contributed by atoms with Gasteiger partial charge in [-0.3, -0.25) is 14.4 Å². The molecule has 0 spiro atoms. The van der Waals surface area contributed by atoms with Crippen LogP contribution in [0.5, 0.6) is 0 Å². The van der Waals surface area contributed by atoms with Crippen molar-refractivity contribution in [1.29, 1.82) is 0 Å². The highest BCUT2D eigenvalue weighted by Gasteiger charge is 2.32. The first-order valence-electron chi connectivity index (χ1n) is 12.8. The van der Waals surface area contributed by atoms with Crippen molar-refractivity contribution in [3.8, 4) is 0 Å². The number of nitrogens with one attached hydrogen (secondary N) is 3. The zero-order valence-electron chi connectivity index (χ0n) is 22.0. The summed E-state index contributed by atoms with van der Waals surface area (Å²) in [6.45, 7) is 0.355. The Hall–Kier alpha value is -4.32. The lowest BCUT2D eigenvalue weighted by Gasteiger charge is -2.26. The van der Waals surface area contributed by atoms with Crippen molar-refractivity contribution < 1.29 is 34.5 Å². The highest BCUT2D eigenvalue weighted by atomic mass is 16.4. The van der Waals surface area contributed by atoms with E-state index in [9.17, 15) is 29.4 Å². The van der Waals surface area contributed by atoms with Gasteiger partial charge in [0.25, 0.3) is 0 Å². The molecule has 3 aromatic rings. The molecular formula is C29H34N4O7. The second-order valence-corrected chi connectivity index (χ2v) is 9.55. The van der Waals surface area contributed by atoms with E-state index in [1.54, 1.807) is 0 Å². The Morgan fingerprint density at radius 3 is 2.00 bits per heavy atom. The van der Waals surface area contributed by atoms with Gasteiger partial charge in [-0.15, -0.1) is 0 Å². The second kappa shape index (κ2) is 14.2. The van der Waals surface area contributed by atoms with Crippen molar-refractivity contribution in [3.63, 3.8) is 0 Å². The van der Waals surface area contributed by atoms with Crippen LogP contribution in [0.3, 0.4) is 0 Å². The van der Waals surface area contributed by atoms with Crippen LogP contribution < -0.4 is 21.7 Å². The van der Waals surface area contributed by atoms with Gasteiger partial charge >= 0.3 is 5.97 Å². The van der Waals surface area contributed by atoms with Crippen molar-refractivity contribution in [2.45, 2.75) is 50.0 Å². The lowest BCUT2D eigenvalue weighted by atomic mass is 9.99.